The lowest BCUT2D eigenvalue weighted by Gasteiger charge is -2.38. The van der Waals surface area contributed by atoms with Crippen LogP contribution in [0.5, 0.6) is 0 Å². The molecule has 112 valence electrons. The van der Waals surface area contributed by atoms with Crippen molar-refractivity contribution in [1.29, 1.82) is 0 Å². The van der Waals surface area contributed by atoms with Crippen LogP contribution in [-0.4, -0.2) is 28.6 Å². The number of nitrogens with zero attached hydrogens (tertiary/aromatic N) is 2. The molecule has 0 saturated heterocycles. The molecule has 0 aliphatic carbocycles. The fourth-order valence-electron chi connectivity index (χ4n) is 3.00. The first-order valence-electron chi connectivity index (χ1n) is 8.29. The maximum Gasteiger partial charge on any atom is 0.103 e. The highest BCUT2D eigenvalue weighted by Gasteiger charge is 2.29. The van der Waals surface area contributed by atoms with Crippen molar-refractivity contribution in [2.45, 2.75) is 85.4 Å². The summed E-state index contributed by atoms with van der Waals surface area (Å²) in [4.78, 5) is 5.05. The lowest BCUT2D eigenvalue weighted by molar-refractivity contribution is 0.0843. The molecule has 1 atom stereocenters. The molecule has 19 heavy (non-hydrogen) atoms. The minimum absolute atomic E-state index is 0.565. The van der Waals surface area contributed by atoms with Gasteiger partial charge in [0.15, 0.2) is 0 Å². The SMILES string of the molecule is CCCCCCCCN1C=CN(C(C)C)C1C(C)C. The normalized spacial score (nSPS) is 19.2. The minimum Gasteiger partial charge on any atom is -0.356 e. The lowest BCUT2D eigenvalue weighted by Crippen LogP contribution is -2.45. The summed E-state index contributed by atoms with van der Waals surface area (Å²) >= 11 is 0. The molecule has 2 nitrogen and oxygen atoms in total. The van der Waals surface area contributed by atoms with E-state index in [0.29, 0.717) is 18.1 Å². The summed E-state index contributed by atoms with van der Waals surface area (Å²) in [5.41, 5.74) is 0. The van der Waals surface area contributed by atoms with Gasteiger partial charge in [0, 0.05) is 25.0 Å². The molecule has 1 heterocycles. The first-order valence-corrected chi connectivity index (χ1v) is 8.29. The van der Waals surface area contributed by atoms with Crippen LogP contribution in [0, 0.1) is 5.92 Å². The zero-order valence-corrected chi connectivity index (χ0v) is 13.7. The summed E-state index contributed by atoms with van der Waals surface area (Å²) in [6.45, 7) is 12.7. The van der Waals surface area contributed by atoms with E-state index < -0.39 is 0 Å². The summed E-state index contributed by atoms with van der Waals surface area (Å²) in [7, 11) is 0. The molecule has 2 heteroatoms. The topological polar surface area (TPSA) is 6.48 Å². The Labute approximate surface area is 120 Å². The van der Waals surface area contributed by atoms with Crippen LogP contribution in [0.3, 0.4) is 0 Å². The summed E-state index contributed by atoms with van der Waals surface area (Å²) < 4.78 is 0. The zero-order valence-electron chi connectivity index (χ0n) is 13.7. The predicted octanol–water partition coefficient (Wildman–Crippen LogP) is 4.83. The quantitative estimate of drug-likeness (QED) is 0.552. The largest absolute Gasteiger partial charge is 0.356 e. The van der Waals surface area contributed by atoms with Gasteiger partial charge in [0.05, 0.1) is 0 Å². The summed E-state index contributed by atoms with van der Waals surface area (Å²) in [5, 5.41) is 0. The van der Waals surface area contributed by atoms with Crippen LogP contribution < -0.4 is 0 Å². The number of unbranched alkanes of at least 4 members (excludes halogenated alkanes) is 5. The molecule has 0 N–H and O–H groups in total. The van der Waals surface area contributed by atoms with E-state index in [-0.39, 0.29) is 0 Å². The van der Waals surface area contributed by atoms with Gasteiger partial charge < -0.3 is 9.80 Å². The van der Waals surface area contributed by atoms with E-state index in [9.17, 15) is 0 Å². The van der Waals surface area contributed by atoms with E-state index in [2.05, 4.69) is 56.8 Å². The van der Waals surface area contributed by atoms with Crippen molar-refractivity contribution in [1.82, 2.24) is 9.80 Å². The average Bonchev–Trinajstić information content (AvgIpc) is 2.77. The van der Waals surface area contributed by atoms with Crippen LogP contribution in [0.2, 0.25) is 0 Å². The Bertz CT molecular complexity index is 258. The Morgan fingerprint density at radius 1 is 0.895 bits per heavy atom. The highest BCUT2D eigenvalue weighted by Crippen LogP contribution is 2.25. The third-order valence-electron chi connectivity index (χ3n) is 4.04. The molecule has 1 aliphatic heterocycles. The van der Waals surface area contributed by atoms with Crippen molar-refractivity contribution in [3.05, 3.63) is 12.4 Å². The van der Waals surface area contributed by atoms with Crippen LogP contribution in [-0.2, 0) is 0 Å². The Morgan fingerprint density at radius 3 is 2.11 bits per heavy atom. The molecule has 0 aromatic rings. The van der Waals surface area contributed by atoms with E-state index in [0.717, 1.165) is 0 Å². The van der Waals surface area contributed by atoms with Crippen LogP contribution in [0.25, 0.3) is 0 Å². The number of hydrogen-bond acceptors (Lipinski definition) is 2. The maximum absolute atomic E-state index is 2.55. The van der Waals surface area contributed by atoms with Gasteiger partial charge in [-0.25, -0.2) is 0 Å². The Balaban J connectivity index is 2.31. The smallest absolute Gasteiger partial charge is 0.103 e. The van der Waals surface area contributed by atoms with E-state index >= 15 is 0 Å². The summed E-state index contributed by atoms with van der Waals surface area (Å²) in [5.74, 6) is 0.678. The van der Waals surface area contributed by atoms with E-state index in [1.54, 1.807) is 0 Å². The number of hydrogen-bond donors (Lipinski definition) is 0. The fourth-order valence-corrected chi connectivity index (χ4v) is 3.00. The second-order valence-corrected chi connectivity index (χ2v) is 6.50. The minimum atomic E-state index is 0.565. The molecule has 1 rings (SSSR count). The predicted molar refractivity (Wildman–Crippen MR) is 84.8 cm³/mol. The van der Waals surface area contributed by atoms with Gasteiger partial charge in [-0.05, 0) is 26.2 Å². The standard InChI is InChI=1S/C17H34N2/c1-6-7-8-9-10-11-12-18-13-14-19(16(4)5)17(18)15(2)3/h13-17H,6-12H2,1-5H3. The highest BCUT2D eigenvalue weighted by atomic mass is 15.4. The van der Waals surface area contributed by atoms with Crippen molar-refractivity contribution in [2.75, 3.05) is 6.54 Å². The van der Waals surface area contributed by atoms with E-state index in [1.165, 1.54) is 45.1 Å². The monoisotopic (exact) mass is 266 g/mol. The Morgan fingerprint density at radius 2 is 1.53 bits per heavy atom. The molecule has 0 fully saturated rings. The van der Waals surface area contributed by atoms with Gasteiger partial charge in [0.1, 0.15) is 6.17 Å². The van der Waals surface area contributed by atoms with Gasteiger partial charge in [-0.15, -0.1) is 0 Å². The van der Waals surface area contributed by atoms with Gasteiger partial charge in [0.25, 0.3) is 0 Å². The van der Waals surface area contributed by atoms with Crippen molar-refractivity contribution in [3.63, 3.8) is 0 Å². The van der Waals surface area contributed by atoms with Crippen molar-refractivity contribution >= 4 is 0 Å². The van der Waals surface area contributed by atoms with E-state index in [1.807, 2.05) is 0 Å². The Hall–Kier alpha value is -0.660. The molecule has 0 bridgehead atoms. The molecule has 0 radical (unpaired) electrons. The molecule has 0 aromatic carbocycles. The van der Waals surface area contributed by atoms with Gasteiger partial charge >= 0.3 is 0 Å². The molecule has 0 saturated carbocycles. The summed E-state index contributed by atoms with van der Waals surface area (Å²) in [6.07, 6.45) is 13.4. The first kappa shape index (κ1) is 16.4. The first-order chi connectivity index (χ1) is 9.07. The Kier molecular flexibility index (Phi) is 7.33. The second kappa shape index (κ2) is 8.50. The van der Waals surface area contributed by atoms with Crippen molar-refractivity contribution in [3.8, 4) is 0 Å². The average molecular weight is 266 g/mol. The van der Waals surface area contributed by atoms with Gasteiger partial charge in [0.2, 0.25) is 0 Å². The second-order valence-electron chi connectivity index (χ2n) is 6.50. The molecule has 0 amide bonds. The van der Waals surface area contributed by atoms with Gasteiger partial charge in [-0.1, -0.05) is 52.9 Å². The zero-order chi connectivity index (χ0) is 14.3. The van der Waals surface area contributed by atoms with Gasteiger partial charge in [-0.2, -0.15) is 0 Å². The highest BCUT2D eigenvalue weighted by molar-refractivity contribution is 4.99. The molecular formula is C17H34N2. The number of rotatable bonds is 9. The molecular weight excluding hydrogens is 232 g/mol. The molecule has 0 aromatic heterocycles. The summed E-state index contributed by atoms with van der Waals surface area (Å²) in [6, 6.07) is 0.596. The van der Waals surface area contributed by atoms with Crippen molar-refractivity contribution < 1.29 is 0 Å². The lowest BCUT2D eigenvalue weighted by atomic mass is 10.1. The third-order valence-corrected chi connectivity index (χ3v) is 4.04. The molecule has 0 spiro atoms. The molecule has 1 unspecified atom stereocenters. The van der Waals surface area contributed by atoms with Crippen LogP contribution in [0.1, 0.15) is 73.1 Å². The third kappa shape index (κ3) is 5.08. The maximum atomic E-state index is 2.55. The molecule has 1 aliphatic rings. The fraction of sp³-hybridized carbons (Fsp3) is 0.882. The van der Waals surface area contributed by atoms with Crippen molar-refractivity contribution in [2.24, 2.45) is 5.92 Å². The van der Waals surface area contributed by atoms with Gasteiger partial charge in [-0.3, -0.25) is 0 Å². The van der Waals surface area contributed by atoms with E-state index in [4.69, 9.17) is 0 Å². The van der Waals surface area contributed by atoms with Crippen LogP contribution in [0.4, 0.5) is 0 Å². The van der Waals surface area contributed by atoms with Crippen LogP contribution >= 0.6 is 0 Å². The van der Waals surface area contributed by atoms with Crippen LogP contribution in [0.15, 0.2) is 12.4 Å².